The van der Waals surface area contributed by atoms with Crippen LogP contribution < -0.4 is 5.73 Å². The van der Waals surface area contributed by atoms with Crippen LogP contribution in [0.1, 0.15) is 12.5 Å². The Morgan fingerprint density at radius 1 is 1.14 bits per heavy atom. The first-order valence-corrected chi connectivity index (χ1v) is 7.41. The number of tetrazole rings is 1. The van der Waals surface area contributed by atoms with Crippen LogP contribution in [0.3, 0.4) is 0 Å². The second kappa shape index (κ2) is 5.65. The van der Waals surface area contributed by atoms with E-state index in [9.17, 15) is 0 Å². The molecule has 0 saturated heterocycles. The largest absolute Gasteiger partial charge is 0.399 e. The quantitative estimate of drug-likeness (QED) is 0.741. The van der Waals surface area contributed by atoms with E-state index in [1.165, 1.54) is 5.56 Å². The van der Waals surface area contributed by atoms with Gasteiger partial charge in [-0.05, 0) is 64.9 Å². The molecule has 0 unspecified atom stereocenters. The van der Waals surface area contributed by atoms with Crippen molar-refractivity contribution in [2.45, 2.75) is 13.3 Å². The highest BCUT2D eigenvalue weighted by atomic mass is 79.9. The molecule has 106 valence electrons. The number of nitrogens with two attached hydrogens (primary N) is 1. The summed E-state index contributed by atoms with van der Waals surface area (Å²) in [6.07, 6.45) is 0.899. The van der Waals surface area contributed by atoms with E-state index in [4.69, 9.17) is 5.73 Å². The van der Waals surface area contributed by atoms with Gasteiger partial charge in [-0.1, -0.05) is 22.9 Å². The second-order valence-corrected chi connectivity index (χ2v) is 5.58. The van der Waals surface area contributed by atoms with Crippen molar-refractivity contribution in [2.24, 2.45) is 0 Å². The minimum atomic E-state index is 0.701. The molecule has 3 aromatic rings. The lowest BCUT2D eigenvalue weighted by atomic mass is 10.1. The van der Waals surface area contributed by atoms with Gasteiger partial charge >= 0.3 is 0 Å². The van der Waals surface area contributed by atoms with Crippen molar-refractivity contribution >= 4 is 21.6 Å². The Balaban J connectivity index is 2.13. The monoisotopic (exact) mass is 343 g/mol. The first kappa shape index (κ1) is 13.8. The van der Waals surface area contributed by atoms with Crippen molar-refractivity contribution in [3.8, 4) is 17.1 Å². The van der Waals surface area contributed by atoms with Gasteiger partial charge in [-0.2, -0.15) is 4.68 Å². The molecule has 0 aliphatic heterocycles. The van der Waals surface area contributed by atoms with Crippen LogP contribution in [0.2, 0.25) is 0 Å². The number of anilines is 1. The Bertz CT molecular complexity index is 764. The molecule has 3 rings (SSSR count). The van der Waals surface area contributed by atoms with Crippen molar-refractivity contribution in [1.82, 2.24) is 20.2 Å². The molecule has 5 nitrogen and oxygen atoms in total. The molecule has 0 spiro atoms. The van der Waals surface area contributed by atoms with E-state index in [0.29, 0.717) is 5.82 Å². The fourth-order valence-electron chi connectivity index (χ4n) is 2.21. The van der Waals surface area contributed by atoms with Gasteiger partial charge in [0.15, 0.2) is 5.82 Å². The van der Waals surface area contributed by atoms with Crippen LogP contribution >= 0.6 is 15.9 Å². The lowest BCUT2D eigenvalue weighted by molar-refractivity contribution is 0.783. The van der Waals surface area contributed by atoms with Gasteiger partial charge in [0.05, 0.1) is 5.69 Å². The zero-order valence-corrected chi connectivity index (χ0v) is 13.1. The highest BCUT2D eigenvalue weighted by Gasteiger charge is 2.13. The third-order valence-corrected chi connectivity index (χ3v) is 3.78. The number of rotatable bonds is 3. The third-order valence-electron chi connectivity index (χ3n) is 3.29. The normalized spacial score (nSPS) is 10.8. The van der Waals surface area contributed by atoms with Crippen LogP contribution in [0, 0.1) is 0 Å². The van der Waals surface area contributed by atoms with Gasteiger partial charge in [-0.3, -0.25) is 0 Å². The summed E-state index contributed by atoms with van der Waals surface area (Å²) >= 11 is 3.50. The molecule has 1 aromatic heterocycles. The first-order chi connectivity index (χ1) is 10.2. The summed E-state index contributed by atoms with van der Waals surface area (Å²) < 4.78 is 2.81. The minimum absolute atomic E-state index is 0.701. The first-order valence-electron chi connectivity index (χ1n) is 6.62. The van der Waals surface area contributed by atoms with Crippen molar-refractivity contribution in [2.75, 3.05) is 5.73 Å². The van der Waals surface area contributed by atoms with Gasteiger partial charge in [0.1, 0.15) is 0 Å². The molecule has 21 heavy (non-hydrogen) atoms. The van der Waals surface area contributed by atoms with Crippen LogP contribution in [0.15, 0.2) is 46.9 Å². The highest BCUT2D eigenvalue weighted by Crippen LogP contribution is 2.25. The van der Waals surface area contributed by atoms with Gasteiger partial charge in [0.25, 0.3) is 0 Å². The summed E-state index contributed by atoms with van der Waals surface area (Å²) in [6.45, 7) is 2.11. The molecule has 2 aromatic carbocycles. The molecule has 0 fully saturated rings. The fourth-order valence-corrected chi connectivity index (χ4v) is 2.61. The minimum Gasteiger partial charge on any atom is -0.399 e. The summed E-state index contributed by atoms with van der Waals surface area (Å²) in [5.74, 6) is 0.701. The summed E-state index contributed by atoms with van der Waals surface area (Å²) in [5.41, 5.74) is 9.53. The van der Waals surface area contributed by atoms with Crippen LogP contribution in [0.5, 0.6) is 0 Å². The smallest absolute Gasteiger partial charge is 0.187 e. The second-order valence-electron chi connectivity index (χ2n) is 4.66. The van der Waals surface area contributed by atoms with E-state index in [0.717, 1.165) is 27.8 Å². The number of hydrogen-bond donors (Lipinski definition) is 1. The van der Waals surface area contributed by atoms with Gasteiger partial charge in [-0.15, -0.1) is 5.10 Å². The number of nitrogen functional groups attached to an aromatic ring is 1. The maximum absolute atomic E-state index is 5.73. The molecule has 0 amide bonds. The van der Waals surface area contributed by atoms with E-state index >= 15 is 0 Å². The Labute approximate surface area is 130 Å². The van der Waals surface area contributed by atoms with Gasteiger partial charge < -0.3 is 5.73 Å². The molecule has 0 saturated carbocycles. The SMILES string of the molecule is CCc1cc(Br)ccc1-n1nnnc1-c1ccc(N)cc1. The lowest BCUT2D eigenvalue weighted by Crippen LogP contribution is -2.03. The molecule has 0 atom stereocenters. The van der Waals surface area contributed by atoms with E-state index < -0.39 is 0 Å². The highest BCUT2D eigenvalue weighted by molar-refractivity contribution is 9.10. The number of aryl methyl sites for hydroxylation is 1. The molecule has 0 radical (unpaired) electrons. The predicted molar refractivity (Wildman–Crippen MR) is 86.1 cm³/mol. The average Bonchev–Trinajstić information content (AvgIpc) is 2.97. The summed E-state index contributed by atoms with van der Waals surface area (Å²) in [7, 11) is 0. The van der Waals surface area contributed by atoms with Crippen molar-refractivity contribution in [1.29, 1.82) is 0 Å². The van der Waals surface area contributed by atoms with E-state index in [2.05, 4.69) is 44.4 Å². The number of halogens is 1. The van der Waals surface area contributed by atoms with Crippen LogP contribution in [0.4, 0.5) is 5.69 Å². The predicted octanol–water partition coefficient (Wildman–Crippen LogP) is 3.24. The van der Waals surface area contributed by atoms with Gasteiger partial charge in [0, 0.05) is 15.7 Å². The third kappa shape index (κ3) is 2.67. The zero-order valence-electron chi connectivity index (χ0n) is 11.5. The maximum atomic E-state index is 5.73. The van der Waals surface area contributed by atoms with E-state index in [-0.39, 0.29) is 0 Å². The lowest BCUT2D eigenvalue weighted by Gasteiger charge is -2.10. The number of hydrogen-bond acceptors (Lipinski definition) is 4. The molecule has 0 aliphatic rings. The summed E-state index contributed by atoms with van der Waals surface area (Å²) in [4.78, 5) is 0. The van der Waals surface area contributed by atoms with E-state index in [1.807, 2.05) is 36.4 Å². The molecule has 0 bridgehead atoms. The summed E-state index contributed by atoms with van der Waals surface area (Å²) in [6, 6.07) is 13.6. The maximum Gasteiger partial charge on any atom is 0.187 e. The topological polar surface area (TPSA) is 69.6 Å². The standard InChI is InChI=1S/C15H14BrN5/c1-2-10-9-12(16)5-8-14(10)21-15(18-19-20-21)11-3-6-13(17)7-4-11/h3-9H,2,17H2,1H3. The van der Waals surface area contributed by atoms with Crippen LogP contribution in [-0.4, -0.2) is 20.2 Å². The Morgan fingerprint density at radius 3 is 2.62 bits per heavy atom. The van der Waals surface area contributed by atoms with Crippen molar-refractivity contribution in [3.05, 3.63) is 52.5 Å². The van der Waals surface area contributed by atoms with E-state index in [1.54, 1.807) is 4.68 Å². The van der Waals surface area contributed by atoms with Gasteiger partial charge in [0.2, 0.25) is 0 Å². The van der Waals surface area contributed by atoms with Crippen LogP contribution in [0.25, 0.3) is 17.1 Å². The average molecular weight is 344 g/mol. The van der Waals surface area contributed by atoms with Crippen LogP contribution in [-0.2, 0) is 6.42 Å². The number of aromatic nitrogens is 4. The van der Waals surface area contributed by atoms with Crippen molar-refractivity contribution in [3.63, 3.8) is 0 Å². The summed E-state index contributed by atoms with van der Waals surface area (Å²) in [5, 5.41) is 12.1. The Morgan fingerprint density at radius 2 is 1.90 bits per heavy atom. The Kier molecular flexibility index (Phi) is 3.70. The molecule has 2 N–H and O–H groups in total. The molecular formula is C15H14BrN5. The number of benzene rings is 2. The fraction of sp³-hybridized carbons (Fsp3) is 0.133. The Hall–Kier alpha value is -2.21. The van der Waals surface area contributed by atoms with Crippen molar-refractivity contribution < 1.29 is 0 Å². The molecule has 1 heterocycles. The number of nitrogens with zero attached hydrogens (tertiary/aromatic N) is 4. The van der Waals surface area contributed by atoms with Gasteiger partial charge in [-0.25, -0.2) is 0 Å². The zero-order chi connectivity index (χ0) is 14.8. The molecular weight excluding hydrogens is 330 g/mol. The molecule has 0 aliphatic carbocycles. The molecule has 6 heteroatoms.